The largest absolute Gasteiger partial charge is 0.490 e. The van der Waals surface area contributed by atoms with E-state index in [4.69, 9.17) is 10.5 Å². The number of thiophene rings is 1. The molecule has 0 saturated carbocycles. The van der Waals surface area contributed by atoms with Gasteiger partial charge >= 0.3 is 6.18 Å². The fourth-order valence-corrected chi connectivity index (χ4v) is 5.89. The summed E-state index contributed by atoms with van der Waals surface area (Å²) >= 11 is 1.21. The van der Waals surface area contributed by atoms with Gasteiger partial charge in [-0.2, -0.15) is 13.2 Å². The molecule has 3 N–H and O–H groups in total. The summed E-state index contributed by atoms with van der Waals surface area (Å²) in [4.78, 5) is 17.1. The first-order chi connectivity index (χ1) is 17.7. The average molecular weight is 529 g/mol. The molecule has 5 rings (SSSR count). The Bertz CT molecular complexity index is 1420. The molecule has 4 aromatic rings. The summed E-state index contributed by atoms with van der Waals surface area (Å²) < 4.78 is 48.8. The van der Waals surface area contributed by atoms with Gasteiger partial charge in [0.1, 0.15) is 23.2 Å². The predicted octanol–water partition coefficient (Wildman–Crippen LogP) is 5.68. The van der Waals surface area contributed by atoms with Crippen molar-refractivity contribution in [3.8, 4) is 10.8 Å². The van der Waals surface area contributed by atoms with Gasteiger partial charge in [-0.05, 0) is 73.7 Å². The molecule has 1 fully saturated rings. The van der Waals surface area contributed by atoms with Crippen molar-refractivity contribution in [3.63, 3.8) is 0 Å². The van der Waals surface area contributed by atoms with Crippen LogP contribution in [0.25, 0.3) is 16.0 Å². The zero-order chi connectivity index (χ0) is 26.2. The van der Waals surface area contributed by atoms with Gasteiger partial charge in [0.25, 0.3) is 5.91 Å². The van der Waals surface area contributed by atoms with E-state index in [1.807, 2.05) is 28.8 Å². The predicted molar refractivity (Wildman–Crippen MR) is 138 cm³/mol. The van der Waals surface area contributed by atoms with Gasteiger partial charge in [0.15, 0.2) is 0 Å². The zero-order valence-electron chi connectivity index (χ0n) is 20.2. The molecule has 3 heterocycles. The van der Waals surface area contributed by atoms with Crippen LogP contribution in [-0.2, 0) is 12.6 Å². The Kier molecular flexibility index (Phi) is 6.96. The van der Waals surface area contributed by atoms with E-state index in [-0.39, 0.29) is 18.1 Å². The highest BCUT2D eigenvalue weighted by Crippen LogP contribution is 2.38. The number of piperidine rings is 1. The molecule has 1 unspecified atom stereocenters. The summed E-state index contributed by atoms with van der Waals surface area (Å²) in [5, 5.41) is 4.03. The number of rotatable bonds is 7. The molecule has 0 bridgehead atoms. The standard InChI is InChI=1S/C27H27F3N4O2S/c1-16(20-4-2-3-5-21(20)27(28,29)30)12-17-13-24(37-25(17)26(31)35)34-15-33-22-7-6-19(14-23(22)34)36-18-8-10-32-11-9-18/h2-7,13-16,18,32H,8-12H2,1H3,(H2,31,35). The number of hydrogen-bond acceptors (Lipinski definition) is 5. The van der Waals surface area contributed by atoms with Gasteiger partial charge in [0.05, 0.1) is 21.5 Å². The number of nitrogens with one attached hydrogen (secondary N) is 1. The monoisotopic (exact) mass is 528 g/mol. The minimum Gasteiger partial charge on any atom is -0.490 e. The number of amides is 1. The van der Waals surface area contributed by atoms with Gasteiger partial charge in [-0.25, -0.2) is 4.98 Å². The van der Waals surface area contributed by atoms with Crippen LogP contribution >= 0.6 is 11.3 Å². The number of primary amides is 1. The number of fused-ring (bicyclic) bond motifs is 1. The van der Waals surface area contributed by atoms with Gasteiger partial charge in [-0.1, -0.05) is 25.1 Å². The lowest BCUT2D eigenvalue weighted by Gasteiger charge is -2.23. The maximum absolute atomic E-state index is 13.6. The first-order valence-electron chi connectivity index (χ1n) is 12.1. The van der Waals surface area contributed by atoms with E-state index < -0.39 is 23.6 Å². The van der Waals surface area contributed by atoms with Gasteiger partial charge in [-0.15, -0.1) is 11.3 Å². The van der Waals surface area contributed by atoms with Gasteiger partial charge in [0, 0.05) is 6.07 Å². The molecule has 6 nitrogen and oxygen atoms in total. The van der Waals surface area contributed by atoms with Crippen molar-refractivity contribution in [1.29, 1.82) is 0 Å². The molecule has 2 aromatic carbocycles. The Morgan fingerprint density at radius 3 is 2.70 bits per heavy atom. The Morgan fingerprint density at radius 2 is 1.97 bits per heavy atom. The second-order valence-electron chi connectivity index (χ2n) is 9.33. The summed E-state index contributed by atoms with van der Waals surface area (Å²) in [6.45, 7) is 3.57. The molecule has 0 radical (unpaired) electrons. The molecule has 1 saturated heterocycles. The molecule has 37 heavy (non-hydrogen) atoms. The Labute approximate surface area is 216 Å². The number of halogens is 3. The van der Waals surface area contributed by atoms with E-state index in [0.29, 0.717) is 15.4 Å². The molecule has 10 heteroatoms. The van der Waals surface area contributed by atoms with Crippen LogP contribution in [0.2, 0.25) is 0 Å². The van der Waals surface area contributed by atoms with E-state index in [1.54, 1.807) is 19.3 Å². The summed E-state index contributed by atoms with van der Waals surface area (Å²) in [6, 6.07) is 13.1. The summed E-state index contributed by atoms with van der Waals surface area (Å²) in [6.07, 6.45) is -0.543. The van der Waals surface area contributed by atoms with Crippen molar-refractivity contribution in [2.45, 2.75) is 44.4 Å². The Hall–Kier alpha value is -3.37. The molecular weight excluding hydrogens is 501 g/mol. The Balaban J connectivity index is 1.46. The van der Waals surface area contributed by atoms with Crippen molar-refractivity contribution in [2.75, 3.05) is 13.1 Å². The number of alkyl halides is 3. The number of ether oxygens (including phenoxy) is 1. The number of hydrogen-bond donors (Lipinski definition) is 2. The maximum atomic E-state index is 13.6. The SMILES string of the molecule is CC(Cc1cc(-n2cnc3ccc(OC4CCNCC4)cc32)sc1C(N)=O)c1ccccc1C(F)(F)F. The second kappa shape index (κ2) is 10.2. The normalized spacial score (nSPS) is 15.7. The maximum Gasteiger partial charge on any atom is 0.416 e. The van der Waals surface area contributed by atoms with Crippen molar-refractivity contribution in [1.82, 2.24) is 14.9 Å². The quantitative estimate of drug-likeness (QED) is 0.323. The van der Waals surface area contributed by atoms with E-state index in [9.17, 15) is 18.0 Å². The van der Waals surface area contributed by atoms with Gasteiger partial charge < -0.3 is 15.8 Å². The van der Waals surface area contributed by atoms with Crippen LogP contribution in [0, 0.1) is 0 Å². The van der Waals surface area contributed by atoms with Crippen molar-refractivity contribution in [2.24, 2.45) is 5.73 Å². The zero-order valence-corrected chi connectivity index (χ0v) is 21.0. The van der Waals surface area contributed by atoms with Crippen molar-refractivity contribution >= 4 is 28.3 Å². The number of benzene rings is 2. The second-order valence-corrected chi connectivity index (χ2v) is 10.4. The lowest BCUT2D eigenvalue weighted by atomic mass is 9.90. The fourth-order valence-electron chi connectivity index (χ4n) is 4.86. The van der Waals surface area contributed by atoms with Crippen LogP contribution in [-0.4, -0.2) is 34.7 Å². The molecule has 1 aliphatic rings. The third kappa shape index (κ3) is 5.35. The van der Waals surface area contributed by atoms with E-state index in [0.717, 1.165) is 48.8 Å². The summed E-state index contributed by atoms with van der Waals surface area (Å²) in [5.41, 5.74) is 7.38. The van der Waals surface area contributed by atoms with Crippen LogP contribution in [0.4, 0.5) is 13.2 Å². The van der Waals surface area contributed by atoms with Crippen molar-refractivity contribution < 1.29 is 22.7 Å². The molecule has 1 aliphatic heterocycles. The third-order valence-electron chi connectivity index (χ3n) is 6.69. The number of nitrogens with zero attached hydrogens (tertiary/aromatic N) is 2. The Morgan fingerprint density at radius 1 is 1.22 bits per heavy atom. The number of carbonyl (C=O) groups is 1. The van der Waals surface area contributed by atoms with Crippen molar-refractivity contribution in [3.05, 3.63) is 76.4 Å². The van der Waals surface area contributed by atoms with Crippen LogP contribution < -0.4 is 15.8 Å². The molecule has 0 aliphatic carbocycles. The molecule has 194 valence electrons. The highest BCUT2D eigenvalue weighted by molar-refractivity contribution is 7.16. The first kappa shape index (κ1) is 25.3. The van der Waals surface area contributed by atoms with E-state index in [1.165, 1.54) is 23.5 Å². The van der Waals surface area contributed by atoms with Gasteiger partial charge in [-0.3, -0.25) is 9.36 Å². The molecule has 0 spiro atoms. The van der Waals surface area contributed by atoms with E-state index in [2.05, 4.69) is 10.3 Å². The number of carbonyl (C=O) groups excluding carboxylic acids is 1. The van der Waals surface area contributed by atoms with Crippen LogP contribution in [0.3, 0.4) is 0 Å². The molecule has 1 atom stereocenters. The number of aromatic nitrogens is 2. The smallest absolute Gasteiger partial charge is 0.416 e. The van der Waals surface area contributed by atoms with Crippen LogP contribution in [0.1, 0.15) is 52.0 Å². The number of imidazole rings is 1. The minimum atomic E-state index is -4.46. The molecule has 1 amide bonds. The van der Waals surface area contributed by atoms with Gasteiger partial charge in [0.2, 0.25) is 0 Å². The lowest BCUT2D eigenvalue weighted by Crippen LogP contribution is -2.34. The third-order valence-corrected chi connectivity index (χ3v) is 7.88. The topological polar surface area (TPSA) is 82.2 Å². The average Bonchev–Trinajstić information content (AvgIpc) is 3.48. The highest BCUT2D eigenvalue weighted by Gasteiger charge is 2.34. The molecular formula is C27H27F3N4O2S. The van der Waals surface area contributed by atoms with E-state index >= 15 is 0 Å². The minimum absolute atomic E-state index is 0.144. The molecule has 2 aromatic heterocycles. The summed E-state index contributed by atoms with van der Waals surface area (Å²) in [5.74, 6) is -0.352. The highest BCUT2D eigenvalue weighted by atomic mass is 32.1. The fraction of sp³-hybridized carbons (Fsp3) is 0.333. The lowest BCUT2D eigenvalue weighted by molar-refractivity contribution is -0.138. The summed E-state index contributed by atoms with van der Waals surface area (Å²) in [7, 11) is 0. The first-order valence-corrected chi connectivity index (χ1v) is 13.0. The van der Waals surface area contributed by atoms with Crippen LogP contribution in [0.5, 0.6) is 5.75 Å². The van der Waals surface area contributed by atoms with Crippen LogP contribution in [0.15, 0.2) is 54.9 Å². The number of nitrogens with two attached hydrogens (primary N) is 1.